The van der Waals surface area contributed by atoms with Gasteiger partial charge in [0.2, 0.25) is 5.78 Å². The van der Waals surface area contributed by atoms with Gasteiger partial charge in [-0.15, -0.1) is 11.3 Å². The molecule has 0 N–H and O–H groups in total. The summed E-state index contributed by atoms with van der Waals surface area (Å²) in [5.41, 5.74) is 0.334. The number of rotatable bonds is 4. The normalized spacial score (nSPS) is 17.4. The van der Waals surface area contributed by atoms with E-state index in [2.05, 4.69) is 16.0 Å². The van der Waals surface area contributed by atoms with Gasteiger partial charge in [0, 0.05) is 16.1 Å². The molecule has 2 aromatic rings. The summed E-state index contributed by atoms with van der Waals surface area (Å²) < 4.78 is 0. The first kappa shape index (κ1) is 15.4. The van der Waals surface area contributed by atoms with Gasteiger partial charge in [0.15, 0.2) is 0 Å². The lowest BCUT2D eigenvalue weighted by molar-refractivity contribution is 0.104. The highest BCUT2D eigenvalue weighted by Crippen LogP contribution is 2.29. The Hall–Kier alpha value is -1.49. The van der Waals surface area contributed by atoms with Crippen LogP contribution in [0.2, 0.25) is 5.15 Å². The maximum atomic E-state index is 12.4. The molecule has 0 saturated heterocycles. The van der Waals surface area contributed by atoms with Crippen LogP contribution in [-0.4, -0.2) is 15.8 Å². The van der Waals surface area contributed by atoms with Crippen LogP contribution >= 0.6 is 34.5 Å². The van der Waals surface area contributed by atoms with E-state index in [0.717, 1.165) is 22.8 Å². The Bertz CT molecular complexity index is 767. The van der Waals surface area contributed by atoms with E-state index in [9.17, 15) is 4.79 Å². The lowest BCUT2D eigenvalue weighted by Gasteiger charge is -2.13. The maximum Gasteiger partial charge on any atom is 0.207 e. The maximum absolute atomic E-state index is 12.4. The van der Waals surface area contributed by atoms with Crippen molar-refractivity contribution >= 4 is 40.3 Å². The van der Waals surface area contributed by atoms with Crippen molar-refractivity contribution in [3.05, 3.63) is 68.4 Å². The fourth-order valence-electron chi connectivity index (χ4n) is 2.31. The molecular formula is C16H12Cl2N2OS. The van der Waals surface area contributed by atoms with Gasteiger partial charge < -0.3 is 0 Å². The number of ketones is 1. The van der Waals surface area contributed by atoms with Crippen molar-refractivity contribution in [1.29, 1.82) is 0 Å². The number of halogens is 2. The van der Waals surface area contributed by atoms with Gasteiger partial charge in [-0.05, 0) is 37.0 Å². The number of carbonyl (C=O) groups is 1. The molecule has 0 bridgehead atoms. The van der Waals surface area contributed by atoms with E-state index in [1.54, 1.807) is 0 Å². The lowest BCUT2D eigenvalue weighted by atomic mass is 9.96. The minimum absolute atomic E-state index is 0.140. The second kappa shape index (κ2) is 6.73. The molecule has 3 nitrogen and oxygen atoms in total. The molecule has 3 rings (SSSR count). The fraction of sp³-hybridized carbons (Fsp3) is 0.188. The summed E-state index contributed by atoms with van der Waals surface area (Å²) in [4.78, 5) is 21.9. The Balaban J connectivity index is 1.74. The number of hydrogen-bond donors (Lipinski definition) is 0. The summed E-state index contributed by atoms with van der Waals surface area (Å²) in [5, 5.41) is 1.05. The first-order valence-electron chi connectivity index (χ1n) is 6.75. The van der Waals surface area contributed by atoms with Crippen LogP contribution in [0.3, 0.4) is 0 Å². The van der Waals surface area contributed by atoms with Crippen molar-refractivity contribution in [2.45, 2.75) is 12.8 Å². The second-order valence-corrected chi connectivity index (χ2v) is 7.00. The predicted octanol–water partition coefficient (Wildman–Crippen LogP) is 4.66. The quantitative estimate of drug-likeness (QED) is 0.594. The van der Waals surface area contributed by atoms with Crippen LogP contribution in [-0.2, 0) is 6.42 Å². The van der Waals surface area contributed by atoms with Crippen LogP contribution in [0.15, 0.2) is 47.9 Å². The molecule has 0 amide bonds. The summed E-state index contributed by atoms with van der Waals surface area (Å²) >= 11 is 13.5. The largest absolute Gasteiger partial charge is 0.288 e. The third-order valence-corrected chi connectivity index (χ3v) is 5.06. The Morgan fingerprint density at radius 2 is 2.23 bits per heavy atom. The minimum Gasteiger partial charge on any atom is -0.288 e. The van der Waals surface area contributed by atoms with Gasteiger partial charge in [-0.3, -0.25) is 4.79 Å². The standard InChI is InChI=1S/C16H12Cl2N2OS/c17-11-3-1-2-10(6-11)7-12-4-5-14(22-12)15(21)13-8-19-9-20-16(13)18/h1-5,8-10H,6-7H2. The molecule has 22 heavy (non-hydrogen) atoms. The molecule has 2 aromatic heterocycles. The van der Waals surface area contributed by atoms with Gasteiger partial charge in [-0.1, -0.05) is 35.4 Å². The van der Waals surface area contributed by atoms with E-state index >= 15 is 0 Å². The zero-order valence-corrected chi connectivity index (χ0v) is 13.8. The average molecular weight is 351 g/mol. The highest BCUT2D eigenvalue weighted by atomic mass is 35.5. The molecule has 1 unspecified atom stereocenters. The number of hydrogen-bond acceptors (Lipinski definition) is 4. The smallest absolute Gasteiger partial charge is 0.207 e. The highest BCUT2D eigenvalue weighted by molar-refractivity contribution is 7.14. The summed E-state index contributed by atoms with van der Waals surface area (Å²) in [5.74, 6) is 0.238. The number of thiophene rings is 1. The van der Waals surface area contributed by atoms with Crippen LogP contribution in [0.4, 0.5) is 0 Å². The van der Waals surface area contributed by atoms with Gasteiger partial charge in [0.1, 0.15) is 11.5 Å². The van der Waals surface area contributed by atoms with E-state index in [1.165, 1.54) is 23.9 Å². The molecule has 1 aliphatic rings. The first-order chi connectivity index (χ1) is 10.6. The van der Waals surface area contributed by atoms with Crippen LogP contribution in [0.1, 0.15) is 26.5 Å². The van der Waals surface area contributed by atoms with Crippen molar-refractivity contribution in [2.75, 3.05) is 0 Å². The van der Waals surface area contributed by atoms with Crippen LogP contribution < -0.4 is 0 Å². The molecule has 0 aromatic carbocycles. The summed E-state index contributed by atoms with van der Waals surface area (Å²) in [6.07, 6.45) is 10.5. The Labute approximate surface area is 142 Å². The number of nitrogens with zero attached hydrogens (tertiary/aromatic N) is 2. The zero-order chi connectivity index (χ0) is 15.5. The topological polar surface area (TPSA) is 42.9 Å². The molecule has 6 heteroatoms. The Morgan fingerprint density at radius 3 is 3.00 bits per heavy atom. The molecule has 1 aliphatic carbocycles. The van der Waals surface area contributed by atoms with Crippen molar-refractivity contribution in [3.63, 3.8) is 0 Å². The molecule has 112 valence electrons. The number of carbonyl (C=O) groups excluding carboxylic acids is 1. The van der Waals surface area contributed by atoms with Crippen LogP contribution in [0.25, 0.3) is 0 Å². The van der Waals surface area contributed by atoms with Gasteiger partial charge in [-0.2, -0.15) is 0 Å². The molecule has 0 fully saturated rings. The van der Waals surface area contributed by atoms with E-state index in [-0.39, 0.29) is 10.9 Å². The molecule has 1 atom stereocenters. The highest BCUT2D eigenvalue weighted by Gasteiger charge is 2.18. The zero-order valence-electron chi connectivity index (χ0n) is 11.5. The van der Waals surface area contributed by atoms with Gasteiger partial charge in [0.25, 0.3) is 0 Å². The summed E-state index contributed by atoms with van der Waals surface area (Å²) in [6.45, 7) is 0. The fourth-order valence-corrected chi connectivity index (χ4v) is 3.82. The van der Waals surface area contributed by atoms with E-state index < -0.39 is 0 Å². The van der Waals surface area contributed by atoms with Gasteiger partial charge in [-0.25, -0.2) is 9.97 Å². The van der Waals surface area contributed by atoms with Crippen LogP contribution in [0.5, 0.6) is 0 Å². The Kier molecular flexibility index (Phi) is 4.71. The van der Waals surface area contributed by atoms with E-state index in [1.807, 2.05) is 24.3 Å². The third-order valence-electron chi connectivity index (χ3n) is 3.37. The number of allylic oxidation sites excluding steroid dienone is 4. The summed E-state index contributed by atoms with van der Waals surface area (Å²) in [6, 6.07) is 3.81. The van der Waals surface area contributed by atoms with Crippen LogP contribution in [0, 0.1) is 5.92 Å². The monoisotopic (exact) mass is 350 g/mol. The predicted molar refractivity (Wildman–Crippen MR) is 89.7 cm³/mol. The number of aromatic nitrogens is 2. The molecule has 0 radical (unpaired) electrons. The molecular weight excluding hydrogens is 339 g/mol. The summed E-state index contributed by atoms with van der Waals surface area (Å²) in [7, 11) is 0. The first-order valence-corrected chi connectivity index (χ1v) is 8.32. The van der Waals surface area contributed by atoms with Crippen molar-refractivity contribution < 1.29 is 4.79 Å². The SMILES string of the molecule is O=C(c1ccc(CC2C=CC=C(Cl)C2)s1)c1cncnc1Cl. The minimum atomic E-state index is -0.140. The molecule has 0 spiro atoms. The van der Waals surface area contributed by atoms with Gasteiger partial charge >= 0.3 is 0 Å². The van der Waals surface area contributed by atoms with E-state index in [0.29, 0.717) is 16.4 Å². The second-order valence-electron chi connectivity index (χ2n) is 4.99. The molecule has 0 aliphatic heterocycles. The van der Waals surface area contributed by atoms with Crippen molar-refractivity contribution in [1.82, 2.24) is 9.97 Å². The van der Waals surface area contributed by atoms with Gasteiger partial charge in [0.05, 0.1) is 10.4 Å². The molecule has 0 saturated carbocycles. The molecule has 2 heterocycles. The lowest BCUT2D eigenvalue weighted by Crippen LogP contribution is -2.03. The third kappa shape index (κ3) is 3.46. The average Bonchev–Trinajstić information content (AvgIpc) is 2.95. The van der Waals surface area contributed by atoms with Crippen molar-refractivity contribution in [2.24, 2.45) is 5.92 Å². The van der Waals surface area contributed by atoms with Crippen molar-refractivity contribution in [3.8, 4) is 0 Å². The Morgan fingerprint density at radius 1 is 1.36 bits per heavy atom. The van der Waals surface area contributed by atoms with E-state index in [4.69, 9.17) is 23.2 Å².